The fourth-order valence-electron chi connectivity index (χ4n) is 1.83. The molecular weight excluding hydrogens is 254 g/mol. The molecule has 0 fully saturated rings. The van der Waals surface area contributed by atoms with Crippen molar-refractivity contribution in [3.05, 3.63) is 51.2 Å². The Labute approximate surface area is 108 Å². The smallest absolute Gasteiger partial charge is 0.256 e. The number of benzene rings is 1. The van der Waals surface area contributed by atoms with E-state index in [2.05, 4.69) is 5.32 Å². The number of rotatable bonds is 1. The molecule has 0 radical (unpaired) electrons. The molecule has 0 unspecified atom stereocenters. The molecule has 2 aromatic rings. The van der Waals surface area contributed by atoms with Crippen LogP contribution in [-0.4, -0.2) is 5.91 Å². The Morgan fingerprint density at radius 1 is 1.18 bits per heavy atom. The molecule has 1 aromatic heterocycles. The summed E-state index contributed by atoms with van der Waals surface area (Å²) in [5.74, 6) is -0.0595. The molecule has 0 saturated heterocycles. The average Bonchev–Trinajstić information content (AvgIpc) is 2.85. The number of carbonyl (C=O) groups excluding carboxylic acids is 1. The van der Waals surface area contributed by atoms with Crippen molar-refractivity contribution in [3.63, 3.8) is 0 Å². The molecule has 0 bridgehead atoms. The SMILES string of the molecule is O=C1Nc2ccccc2/C1=C\c1ccc(Cl)s1. The summed E-state index contributed by atoms with van der Waals surface area (Å²) < 4.78 is 0.726. The second kappa shape index (κ2) is 4.02. The highest BCUT2D eigenvalue weighted by atomic mass is 35.5. The minimum atomic E-state index is -0.0595. The highest BCUT2D eigenvalue weighted by Gasteiger charge is 2.23. The molecule has 3 rings (SSSR count). The largest absolute Gasteiger partial charge is 0.321 e. The maximum atomic E-state index is 11.8. The summed E-state index contributed by atoms with van der Waals surface area (Å²) in [4.78, 5) is 12.8. The van der Waals surface area contributed by atoms with Gasteiger partial charge in [0.1, 0.15) is 0 Å². The van der Waals surface area contributed by atoms with E-state index in [4.69, 9.17) is 11.6 Å². The molecular formula is C13H8ClNOS. The summed E-state index contributed by atoms with van der Waals surface area (Å²) >= 11 is 7.33. The topological polar surface area (TPSA) is 29.1 Å². The molecule has 4 heteroatoms. The Bertz CT molecular complexity index is 630. The van der Waals surface area contributed by atoms with Crippen LogP contribution < -0.4 is 5.32 Å². The van der Waals surface area contributed by atoms with Crippen LogP contribution in [0.5, 0.6) is 0 Å². The number of nitrogens with one attached hydrogen (secondary N) is 1. The maximum Gasteiger partial charge on any atom is 0.256 e. The van der Waals surface area contributed by atoms with E-state index in [1.807, 2.05) is 42.5 Å². The van der Waals surface area contributed by atoms with Gasteiger partial charge in [0.15, 0.2) is 0 Å². The second-order valence-electron chi connectivity index (χ2n) is 3.70. The van der Waals surface area contributed by atoms with Crippen molar-refractivity contribution in [3.8, 4) is 0 Å². The van der Waals surface area contributed by atoms with Gasteiger partial charge in [0.25, 0.3) is 5.91 Å². The van der Waals surface area contributed by atoms with E-state index in [0.717, 1.165) is 20.5 Å². The van der Waals surface area contributed by atoms with Crippen LogP contribution in [0.4, 0.5) is 5.69 Å². The number of halogens is 1. The number of carbonyl (C=O) groups is 1. The second-order valence-corrected chi connectivity index (χ2v) is 5.45. The maximum absolute atomic E-state index is 11.8. The first kappa shape index (κ1) is 10.6. The third kappa shape index (κ3) is 1.88. The Morgan fingerprint density at radius 2 is 2.00 bits per heavy atom. The first-order chi connectivity index (χ1) is 8.24. The minimum absolute atomic E-state index is 0.0595. The number of amides is 1. The molecule has 1 aliphatic rings. The zero-order valence-electron chi connectivity index (χ0n) is 8.74. The lowest BCUT2D eigenvalue weighted by Gasteiger charge is -1.95. The van der Waals surface area contributed by atoms with Crippen molar-refractivity contribution in [2.24, 2.45) is 0 Å². The molecule has 1 aromatic carbocycles. The number of hydrogen-bond donors (Lipinski definition) is 1. The van der Waals surface area contributed by atoms with Crippen LogP contribution in [-0.2, 0) is 4.79 Å². The molecule has 2 heterocycles. The minimum Gasteiger partial charge on any atom is -0.321 e. The van der Waals surface area contributed by atoms with E-state index >= 15 is 0 Å². The molecule has 1 aliphatic heterocycles. The van der Waals surface area contributed by atoms with Crippen LogP contribution in [0.1, 0.15) is 10.4 Å². The molecule has 2 nitrogen and oxygen atoms in total. The summed E-state index contributed by atoms with van der Waals surface area (Å²) in [6, 6.07) is 11.4. The van der Waals surface area contributed by atoms with Gasteiger partial charge in [0.05, 0.1) is 9.91 Å². The summed E-state index contributed by atoms with van der Waals surface area (Å²) in [6.45, 7) is 0. The molecule has 0 atom stereocenters. The van der Waals surface area contributed by atoms with Crippen molar-refractivity contribution in [1.29, 1.82) is 0 Å². The van der Waals surface area contributed by atoms with Gasteiger partial charge in [-0.05, 0) is 24.3 Å². The average molecular weight is 262 g/mol. The Balaban J connectivity index is 2.09. The molecule has 84 valence electrons. The quantitative estimate of drug-likeness (QED) is 0.775. The molecule has 0 saturated carbocycles. The van der Waals surface area contributed by atoms with Crippen LogP contribution >= 0.6 is 22.9 Å². The van der Waals surface area contributed by atoms with E-state index in [1.165, 1.54) is 11.3 Å². The third-order valence-electron chi connectivity index (χ3n) is 2.59. The molecule has 1 N–H and O–H groups in total. The van der Waals surface area contributed by atoms with E-state index < -0.39 is 0 Å². The fourth-order valence-corrected chi connectivity index (χ4v) is 2.83. The van der Waals surface area contributed by atoms with Crippen LogP contribution in [0, 0.1) is 0 Å². The number of fused-ring (bicyclic) bond motifs is 1. The van der Waals surface area contributed by atoms with Gasteiger partial charge in [-0.2, -0.15) is 0 Å². The number of para-hydroxylation sites is 1. The van der Waals surface area contributed by atoms with Gasteiger partial charge in [-0.1, -0.05) is 29.8 Å². The summed E-state index contributed by atoms with van der Waals surface area (Å²) in [5, 5.41) is 2.84. The van der Waals surface area contributed by atoms with Crippen molar-refractivity contribution in [1.82, 2.24) is 0 Å². The number of thiophene rings is 1. The lowest BCUT2D eigenvalue weighted by atomic mass is 10.1. The standard InChI is InChI=1S/C13H8ClNOS/c14-12-6-5-8(17-12)7-10-9-3-1-2-4-11(9)15-13(10)16/h1-7H,(H,15,16)/b10-7+. The van der Waals surface area contributed by atoms with Crippen LogP contribution in [0.3, 0.4) is 0 Å². The highest BCUT2D eigenvalue weighted by Crippen LogP contribution is 2.34. The number of anilines is 1. The lowest BCUT2D eigenvalue weighted by Crippen LogP contribution is -2.03. The van der Waals surface area contributed by atoms with Crippen LogP contribution in [0.25, 0.3) is 11.6 Å². The predicted molar refractivity (Wildman–Crippen MR) is 72.3 cm³/mol. The van der Waals surface area contributed by atoms with E-state index in [-0.39, 0.29) is 5.91 Å². The summed E-state index contributed by atoms with van der Waals surface area (Å²) in [5.41, 5.74) is 2.51. The Kier molecular flexibility index (Phi) is 2.50. The van der Waals surface area contributed by atoms with Gasteiger partial charge >= 0.3 is 0 Å². The Hall–Kier alpha value is -1.58. The predicted octanol–water partition coefficient (Wildman–Crippen LogP) is 3.89. The lowest BCUT2D eigenvalue weighted by molar-refractivity contribution is -0.110. The van der Waals surface area contributed by atoms with Gasteiger partial charge < -0.3 is 5.32 Å². The highest BCUT2D eigenvalue weighted by molar-refractivity contribution is 7.17. The van der Waals surface area contributed by atoms with Crippen LogP contribution in [0.2, 0.25) is 4.34 Å². The molecule has 0 aliphatic carbocycles. The normalized spacial score (nSPS) is 16.1. The molecule has 1 amide bonds. The zero-order chi connectivity index (χ0) is 11.8. The van der Waals surface area contributed by atoms with E-state index in [1.54, 1.807) is 0 Å². The van der Waals surface area contributed by atoms with Crippen molar-refractivity contribution < 1.29 is 4.79 Å². The fraction of sp³-hybridized carbons (Fsp3) is 0. The molecule has 0 spiro atoms. The third-order valence-corrected chi connectivity index (χ3v) is 3.77. The summed E-state index contributed by atoms with van der Waals surface area (Å²) in [7, 11) is 0. The molecule has 17 heavy (non-hydrogen) atoms. The van der Waals surface area contributed by atoms with Gasteiger partial charge in [0, 0.05) is 16.1 Å². The van der Waals surface area contributed by atoms with E-state index in [0.29, 0.717) is 5.57 Å². The first-order valence-electron chi connectivity index (χ1n) is 5.12. The van der Waals surface area contributed by atoms with Gasteiger partial charge in [0.2, 0.25) is 0 Å². The van der Waals surface area contributed by atoms with Gasteiger partial charge in [-0.25, -0.2) is 0 Å². The van der Waals surface area contributed by atoms with Gasteiger partial charge in [-0.15, -0.1) is 11.3 Å². The van der Waals surface area contributed by atoms with E-state index in [9.17, 15) is 4.79 Å². The number of hydrogen-bond acceptors (Lipinski definition) is 2. The van der Waals surface area contributed by atoms with Crippen LogP contribution in [0.15, 0.2) is 36.4 Å². The zero-order valence-corrected chi connectivity index (χ0v) is 10.3. The van der Waals surface area contributed by atoms with Crippen molar-refractivity contribution >= 4 is 46.2 Å². The Morgan fingerprint density at radius 3 is 2.76 bits per heavy atom. The van der Waals surface area contributed by atoms with Crippen molar-refractivity contribution in [2.45, 2.75) is 0 Å². The monoisotopic (exact) mass is 261 g/mol. The summed E-state index contributed by atoms with van der Waals surface area (Å²) in [6.07, 6.45) is 1.87. The van der Waals surface area contributed by atoms with Gasteiger partial charge in [-0.3, -0.25) is 4.79 Å². The van der Waals surface area contributed by atoms with Crippen molar-refractivity contribution in [2.75, 3.05) is 5.32 Å². The first-order valence-corrected chi connectivity index (χ1v) is 6.31.